The van der Waals surface area contributed by atoms with Crippen molar-refractivity contribution >= 4 is 29.3 Å². The number of carbonyl (C=O) groups excluding carboxylic acids is 1. The average Bonchev–Trinajstić information content (AvgIpc) is 2.30. The quantitative estimate of drug-likeness (QED) is 0.919. The topological polar surface area (TPSA) is 47.6 Å². The van der Waals surface area contributed by atoms with E-state index in [9.17, 15) is 4.79 Å². The lowest BCUT2D eigenvalue weighted by Crippen LogP contribution is -2.23. The first-order chi connectivity index (χ1) is 8.08. The van der Waals surface area contributed by atoms with E-state index in [1.165, 1.54) is 7.11 Å². The highest BCUT2D eigenvalue weighted by Crippen LogP contribution is 2.30. The molecule has 0 aromatic heterocycles. The van der Waals surface area contributed by atoms with Gasteiger partial charge in [-0.25, -0.2) is 4.79 Å². The molecule has 1 rings (SSSR count). The minimum absolute atomic E-state index is 0.251. The fraction of sp³-hybridized carbons (Fsp3) is 0.364. The molecule has 17 heavy (non-hydrogen) atoms. The van der Waals surface area contributed by atoms with Crippen LogP contribution in [0.3, 0.4) is 0 Å². The van der Waals surface area contributed by atoms with Crippen molar-refractivity contribution in [3.05, 3.63) is 27.7 Å². The lowest BCUT2D eigenvalue weighted by Gasteiger charge is -2.10. The van der Waals surface area contributed by atoms with Crippen LogP contribution in [0, 0.1) is 0 Å². The molecule has 0 saturated carbocycles. The maximum Gasteiger partial charge on any atom is 0.407 e. The zero-order chi connectivity index (χ0) is 12.8. The molecule has 6 heteroatoms. The highest BCUT2D eigenvalue weighted by Gasteiger charge is 2.09. The minimum Gasteiger partial charge on any atom is -0.495 e. The summed E-state index contributed by atoms with van der Waals surface area (Å²) in [6.45, 7) is 2.31. The molecule has 0 bridgehead atoms. The average molecular weight is 278 g/mol. The molecule has 0 aliphatic carbocycles. The second-order valence-electron chi connectivity index (χ2n) is 3.15. The van der Waals surface area contributed by atoms with Gasteiger partial charge in [-0.1, -0.05) is 23.2 Å². The summed E-state index contributed by atoms with van der Waals surface area (Å²) in [5.74, 6) is 0.497. The Morgan fingerprint density at radius 2 is 2.06 bits per heavy atom. The lowest BCUT2D eigenvalue weighted by atomic mass is 10.2. The molecule has 1 N–H and O–H groups in total. The second kappa shape index (κ2) is 6.57. The van der Waals surface area contributed by atoms with Crippen molar-refractivity contribution in [2.45, 2.75) is 13.5 Å². The zero-order valence-corrected chi connectivity index (χ0v) is 11.1. The van der Waals surface area contributed by atoms with Gasteiger partial charge in [-0.3, -0.25) is 0 Å². The minimum atomic E-state index is -0.490. The number of hydrogen-bond acceptors (Lipinski definition) is 3. The van der Waals surface area contributed by atoms with Gasteiger partial charge in [0.05, 0.1) is 18.7 Å². The second-order valence-corrected chi connectivity index (χ2v) is 3.97. The number of halogens is 2. The SMILES string of the molecule is CCOC(=O)NCc1cc(Cl)c(OC)cc1Cl. The Balaban J connectivity index is 2.72. The van der Waals surface area contributed by atoms with Gasteiger partial charge in [-0.2, -0.15) is 0 Å². The van der Waals surface area contributed by atoms with Gasteiger partial charge in [0.1, 0.15) is 5.75 Å². The van der Waals surface area contributed by atoms with E-state index in [1.54, 1.807) is 19.1 Å². The Labute approximate surface area is 110 Å². The van der Waals surface area contributed by atoms with Crippen molar-refractivity contribution < 1.29 is 14.3 Å². The summed E-state index contributed by atoms with van der Waals surface area (Å²) in [4.78, 5) is 11.1. The molecule has 0 aliphatic rings. The molecule has 0 fully saturated rings. The van der Waals surface area contributed by atoms with Gasteiger partial charge in [0.2, 0.25) is 0 Å². The normalized spacial score (nSPS) is 9.88. The highest BCUT2D eigenvalue weighted by atomic mass is 35.5. The predicted octanol–water partition coefficient (Wildman–Crippen LogP) is 3.25. The van der Waals surface area contributed by atoms with Crippen LogP contribution < -0.4 is 10.1 Å². The van der Waals surface area contributed by atoms with Crippen LogP contribution in [0.25, 0.3) is 0 Å². The molecule has 0 unspecified atom stereocenters. The summed E-state index contributed by atoms with van der Waals surface area (Å²) >= 11 is 12.0. The van der Waals surface area contributed by atoms with E-state index in [-0.39, 0.29) is 6.54 Å². The summed E-state index contributed by atoms with van der Waals surface area (Å²) in [5, 5.41) is 3.48. The predicted molar refractivity (Wildman–Crippen MR) is 66.9 cm³/mol. The first-order valence-corrected chi connectivity index (χ1v) is 5.76. The van der Waals surface area contributed by atoms with E-state index >= 15 is 0 Å². The van der Waals surface area contributed by atoms with Gasteiger partial charge >= 0.3 is 6.09 Å². The Bertz CT molecular complexity index is 410. The summed E-state index contributed by atoms with van der Waals surface area (Å²) in [6, 6.07) is 3.25. The van der Waals surface area contributed by atoms with Gasteiger partial charge in [-0.15, -0.1) is 0 Å². The van der Waals surface area contributed by atoms with Crippen LogP contribution in [0.5, 0.6) is 5.75 Å². The fourth-order valence-electron chi connectivity index (χ4n) is 1.21. The van der Waals surface area contributed by atoms with Gasteiger partial charge in [0.25, 0.3) is 0 Å². The van der Waals surface area contributed by atoms with Crippen LogP contribution in [0.15, 0.2) is 12.1 Å². The number of amides is 1. The van der Waals surface area contributed by atoms with E-state index in [0.717, 1.165) is 0 Å². The van der Waals surface area contributed by atoms with Gasteiger partial charge in [0.15, 0.2) is 0 Å². The van der Waals surface area contributed by atoms with Crippen LogP contribution in [0.2, 0.25) is 10.0 Å². The Morgan fingerprint density at radius 1 is 1.35 bits per heavy atom. The molecule has 0 heterocycles. The number of benzene rings is 1. The first-order valence-electron chi connectivity index (χ1n) is 5.01. The number of hydrogen-bond donors (Lipinski definition) is 1. The van der Waals surface area contributed by atoms with Crippen LogP contribution in [0.1, 0.15) is 12.5 Å². The van der Waals surface area contributed by atoms with Crippen molar-refractivity contribution in [3.63, 3.8) is 0 Å². The lowest BCUT2D eigenvalue weighted by molar-refractivity contribution is 0.151. The molecule has 0 atom stereocenters. The molecule has 0 aliphatic heterocycles. The third kappa shape index (κ3) is 3.98. The Hall–Kier alpha value is -1.13. The molecule has 4 nitrogen and oxygen atoms in total. The van der Waals surface area contributed by atoms with Crippen LogP contribution in [0.4, 0.5) is 4.79 Å². The highest BCUT2D eigenvalue weighted by molar-refractivity contribution is 6.34. The third-order valence-electron chi connectivity index (χ3n) is 2.02. The standard InChI is InChI=1S/C11H13Cl2NO3/c1-3-17-11(15)14-6-7-4-9(13)10(16-2)5-8(7)12/h4-5H,3,6H2,1-2H3,(H,14,15). The van der Waals surface area contributed by atoms with E-state index < -0.39 is 6.09 Å². The molecular weight excluding hydrogens is 265 g/mol. The molecule has 94 valence electrons. The number of rotatable bonds is 4. The first kappa shape index (κ1) is 13.9. The maximum absolute atomic E-state index is 11.1. The van der Waals surface area contributed by atoms with Crippen LogP contribution >= 0.6 is 23.2 Å². The van der Waals surface area contributed by atoms with Crippen molar-refractivity contribution in [1.29, 1.82) is 0 Å². The number of ether oxygens (including phenoxy) is 2. The third-order valence-corrected chi connectivity index (χ3v) is 2.67. The fourth-order valence-corrected chi connectivity index (χ4v) is 1.70. The van der Waals surface area contributed by atoms with Crippen molar-refractivity contribution in [3.8, 4) is 5.75 Å². The maximum atomic E-state index is 11.1. The molecule has 1 aromatic rings. The smallest absolute Gasteiger partial charge is 0.407 e. The summed E-state index contributed by atoms with van der Waals surface area (Å²) in [5.41, 5.74) is 0.700. The molecule has 1 amide bonds. The van der Waals surface area contributed by atoms with Gasteiger partial charge < -0.3 is 14.8 Å². The van der Waals surface area contributed by atoms with Crippen molar-refractivity contribution in [2.24, 2.45) is 0 Å². The molecule has 0 radical (unpaired) electrons. The Kier molecular flexibility index (Phi) is 5.38. The van der Waals surface area contributed by atoms with E-state index in [1.807, 2.05) is 0 Å². The van der Waals surface area contributed by atoms with Crippen LogP contribution in [-0.2, 0) is 11.3 Å². The van der Waals surface area contributed by atoms with E-state index in [0.29, 0.717) is 28.0 Å². The number of carbonyl (C=O) groups is 1. The molecular formula is C11H13Cl2NO3. The van der Waals surface area contributed by atoms with E-state index in [4.69, 9.17) is 32.7 Å². The molecule has 1 aromatic carbocycles. The monoisotopic (exact) mass is 277 g/mol. The van der Waals surface area contributed by atoms with Crippen molar-refractivity contribution in [2.75, 3.05) is 13.7 Å². The number of nitrogens with one attached hydrogen (secondary N) is 1. The molecule has 0 spiro atoms. The van der Waals surface area contributed by atoms with Gasteiger partial charge in [0, 0.05) is 17.6 Å². The van der Waals surface area contributed by atoms with Crippen LogP contribution in [-0.4, -0.2) is 19.8 Å². The van der Waals surface area contributed by atoms with E-state index in [2.05, 4.69) is 5.32 Å². The van der Waals surface area contributed by atoms with Crippen molar-refractivity contribution in [1.82, 2.24) is 5.32 Å². The van der Waals surface area contributed by atoms with Gasteiger partial charge in [-0.05, 0) is 18.6 Å². The Morgan fingerprint density at radius 3 is 2.65 bits per heavy atom. The largest absolute Gasteiger partial charge is 0.495 e. The zero-order valence-electron chi connectivity index (χ0n) is 9.55. The molecule has 0 saturated heterocycles. The summed E-state index contributed by atoms with van der Waals surface area (Å²) < 4.78 is 9.74. The summed E-state index contributed by atoms with van der Waals surface area (Å²) in [6.07, 6.45) is -0.490. The number of alkyl carbamates (subject to hydrolysis) is 1. The number of methoxy groups -OCH3 is 1. The summed E-state index contributed by atoms with van der Waals surface area (Å²) in [7, 11) is 1.51.